The van der Waals surface area contributed by atoms with Crippen molar-refractivity contribution in [3.05, 3.63) is 24.3 Å². The van der Waals surface area contributed by atoms with Crippen molar-refractivity contribution in [2.75, 3.05) is 13.2 Å². The summed E-state index contributed by atoms with van der Waals surface area (Å²) in [5.74, 6) is 0. The Kier molecular flexibility index (Phi) is 7.22. The first-order valence-electron chi connectivity index (χ1n) is 5.95. The molecule has 1 atom stereocenters. The van der Waals surface area contributed by atoms with Gasteiger partial charge in [0, 0.05) is 6.61 Å². The van der Waals surface area contributed by atoms with E-state index in [0.717, 1.165) is 32.3 Å². The first-order valence-corrected chi connectivity index (χ1v) is 5.95. The van der Waals surface area contributed by atoms with E-state index >= 15 is 0 Å². The van der Waals surface area contributed by atoms with Crippen molar-refractivity contribution in [3.63, 3.8) is 0 Å². The molecule has 15 heavy (non-hydrogen) atoms. The molecule has 0 aromatic heterocycles. The Hall–Kier alpha value is -0.600. The third-order valence-electron chi connectivity index (χ3n) is 2.52. The second-order valence-electron chi connectivity index (χ2n) is 3.99. The van der Waals surface area contributed by atoms with E-state index in [1.54, 1.807) is 0 Å². The van der Waals surface area contributed by atoms with Crippen molar-refractivity contribution in [2.24, 2.45) is 0 Å². The normalized spacial score (nSPS) is 26.1. The minimum absolute atomic E-state index is 0.236. The van der Waals surface area contributed by atoms with Crippen molar-refractivity contribution in [3.8, 4) is 0 Å². The molecule has 1 N–H and O–H groups in total. The SMILES string of the molecule is OC1CC=CCCCCCOCC=CC1. The molecule has 1 aliphatic heterocycles. The molecule has 86 valence electrons. The maximum atomic E-state index is 9.58. The first kappa shape index (κ1) is 12.5. The summed E-state index contributed by atoms with van der Waals surface area (Å²) in [6.45, 7) is 1.54. The molecule has 1 aliphatic rings. The van der Waals surface area contributed by atoms with Gasteiger partial charge >= 0.3 is 0 Å². The van der Waals surface area contributed by atoms with Crippen LogP contribution in [-0.2, 0) is 4.74 Å². The van der Waals surface area contributed by atoms with Crippen LogP contribution in [-0.4, -0.2) is 24.4 Å². The molecular weight excluding hydrogens is 188 g/mol. The zero-order valence-corrected chi connectivity index (χ0v) is 9.40. The van der Waals surface area contributed by atoms with Gasteiger partial charge in [0.15, 0.2) is 0 Å². The first-order chi connectivity index (χ1) is 7.39. The van der Waals surface area contributed by atoms with Crippen LogP contribution >= 0.6 is 0 Å². The Morgan fingerprint density at radius 2 is 1.73 bits per heavy atom. The van der Waals surface area contributed by atoms with Crippen LogP contribution in [0.4, 0.5) is 0 Å². The zero-order chi connectivity index (χ0) is 10.8. The summed E-state index contributed by atoms with van der Waals surface area (Å²) in [6, 6.07) is 0. The summed E-state index contributed by atoms with van der Waals surface area (Å²) >= 11 is 0. The highest BCUT2D eigenvalue weighted by atomic mass is 16.5. The highest BCUT2D eigenvalue weighted by molar-refractivity contribution is 4.89. The number of hydrogen-bond acceptors (Lipinski definition) is 2. The fraction of sp³-hybridized carbons (Fsp3) is 0.692. The standard InChI is InChI=1S/C13H22O2/c14-13-9-5-3-1-2-4-7-11-15-12-8-6-10-13/h3,5-6,8,13-14H,1-2,4,7,9-12H2. The average molecular weight is 210 g/mol. The summed E-state index contributed by atoms with van der Waals surface area (Å²) in [5.41, 5.74) is 0. The Morgan fingerprint density at radius 1 is 0.933 bits per heavy atom. The largest absolute Gasteiger partial charge is 0.392 e. The van der Waals surface area contributed by atoms with E-state index in [4.69, 9.17) is 4.74 Å². The maximum absolute atomic E-state index is 9.58. The third-order valence-corrected chi connectivity index (χ3v) is 2.52. The molecule has 0 aliphatic carbocycles. The number of rotatable bonds is 0. The number of aliphatic hydroxyl groups is 1. The molecule has 0 spiro atoms. The lowest BCUT2D eigenvalue weighted by atomic mass is 10.1. The van der Waals surface area contributed by atoms with E-state index in [-0.39, 0.29) is 6.10 Å². The fourth-order valence-electron chi connectivity index (χ4n) is 1.58. The molecule has 0 radical (unpaired) electrons. The molecule has 1 heterocycles. The topological polar surface area (TPSA) is 29.5 Å². The molecule has 0 aromatic rings. The molecule has 0 aromatic carbocycles. The molecule has 0 amide bonds. The number of ether oxygens (including phenoxy) is 1. The highest BCUT2D eigenvalue weighted by Gasteiger charge is 1.98. The van der Waals surface area contributed by atoms with Crippen molar-refractivity contribution in [1.29, 1.82) is 0 Å². The van der Waals surface area contributed by atoms with Crippen LogP contribution in [0.2, 0.25) is 0 Å². The summed E-state index contributed by atoms with van der Waals surface area (Å²) < 4.78 is 5.43. The molecule has 1 rings (SSSR count). The summed E-state index contributed by atoms with van der Waals surface area (Å²) in [6.07, 6.45) is 14.3. The lowest BCUT2D eigenvalue weighted by molar-refractivity contribution is 0.156. The average Bonchev–Trinajstić information content (AvgIpc) is 2.24. The van der Waals surface area contributed by atoms with Gasteiger partial charge in [0.25, 0.3) is 0 Å². The van der Waals surface area contributed by atoms with E-state index in [2.05, 4.69) is 12.2 Å². The molecule has 2 heteroatoms. The minimum Gasteiger partial charge on any atom is -0.392 e. The van der Waals surface area contributed by atoms with Crippen LogP contribution < -0.4 is 0 Å². The Labute approximate surface area is 92.6 Å². The van der Waals surface area contributed by atoms with Gasteiger partial charge in [-0.05, 0) is 32.1 Å². The van der Waals surface area contributed by atoms with Crippen LogP contribution in [0.15, 0.2) is 24.3 Å². The van der Waals surface area contributed by atoms with Gasteiger partial charge in [0.1, 0.15) is 0 Å². The minimum atomic E-state index is -0.236. The molecule has 0 bridgehead atoms. The molecule has 0 fully saturated rings. The monoisotopic (exact) mass is 210 g/mol. The van der Waals surface area contributed by atoms with E-state index in [9.17, 15) is 5.11 Å². The second-order valence-corrected chi connectivity index (χ2v) is 3.99. The van der Waals surface area contributed by atoms with Crippen molar-refractivity contribution in [1.82, 2.24) is 0 Å². The van der Waals surface area contributed by atoms with Crippen LogP contribution in [0.25, 0.3) is 0 Å². The zero-order valence-electron chi connectivity index (χ0n) is 9.40. The summed E-state index contributed by atoms with van der Waals surface area (Å²) in [5, 5.41) is 9.58. The van der Waals surface area contributed by atoms with E-state index < -0.39 is 0 Å². The van der Waals surface area contributed by atoms with Crippen LogP contribution in [0.1, 0.15) is 38.5 Å². The third kappa shape index (κ3) is 7.34. The lowest BCUT2D eigenvalue weighted by Crippen LogP contribution is -2.03. The van der Waals surface area contributed by atoms with Crippen molar-refractivity contribution in [2.45, 2.75) is 44.6 Å². The van der Waals surface area contributed by atoms with Gasteiger partial charge in [-0.3, -0.25) is 0 Å². The van der Waals surface area contributed by atoms with Gasteiger partial charge in [0.05, 0.1) is 12.7 Å². The summed E-state index contributed by atoms with van der Waals surface area (Å²) in [7, 11) is 0. The predicted octanol–water partition coefficient (Wildman–Crippen LogP) is 2.83. The lowest BCUT2D eigenvalue weighted by Gasteiger charge is -2.05. The molecular formula is C13H22O2. The number of allylic oxidation sites excluding steroid dienone is 1. The smallest absolute Gasteiger partial charge is 0.0647 e. The van der Waals surface area contributed by atoms with Crippen molar-refractivity contribution < 1.29 is 9.84 Å². The van der Waals surface area contributed by atoms with Gasteiger partial charge in [-0.25, -0.2) is 0 Å². The second kappa shape index (κ2) is 8.69. The summed E-state index contributed by atoms with van der Waals surface area (Å²) in [4.78, 5) is 0. The van der Waals surface area contributed by atoms with Gasteiger partial charge in [-0.2, -0.15) is 0 Å². The molecule has 1 unspecified atom stereocenters. The molecule has 0 saturated carbocycles. The van der Waals surface area contributed by atoms with Gasteiger partial charge in [-0.15, -0.1) is 0 Å². The number of aliphatic hydroxyl groups excluding tert-OH is 1. The van der Waals surface area contributed by atoms with E-state index in [1.807, 2.05) is 12.2 Å². The number of hydrogen-bond donors (Lipinski definition) is 1. The molecule has 0 saturated heterocycles. The van der Waals surface area contributed by atoms with Crippen LogP contribution in [0.5, 0.6) is 0 Å². The Balaban J connectivity index is 2.27. The van der Waals surface area contributed by atoms with Crippen LogP contribution in [0.3, 0.4) is 0 Å². The predicted molar refractivity (Wildman–Crippen MR) is 62.8 cm³/mol. The van der Waals surface area contributed by atoms with Gasteiger partial charge < -0.3 is 9.84 Å². The highest BCUT2D eigenvalue weighted by Crippen LogP contribution is 2.05. The molecule has 2 nitrogen and oxygen atoms in total. The van der Waals surface area contributed by atoms with E-state index in [0.29, 0.717) is 6.61 Å². The maximum Gasteiger partial charge on any atom is 0.0647 e. The van der Waals surface area contributed by atoms with E-state index in [1.165, 1.54) is 12.8 Å². The fourth-order valence-corrected chi connectivity index (χ4v) is 1.58. The Bertz CT molecular complexity index is 177. The van der Waals surface area contributed by atoms with Gasteiger partial charge in [0.2, 0.25) is 0 Å². The van der Waals surface area contributed by atoms with Crippen molar-refractivity contribution >= 4 is 0 Å². The quantitative estimate of drug-likeness (QED) is 0.623. The van der Waals surface area contributed by atoms with Crippen LogP contribution in [0, 0.1) is 0 Å². The van der Waals surface area contributed by atoms with Gasteiger partial charge in [-0.1, -0.05) is 30.7 Å². The Morgan fingerprint density at radius 3 is 2.60 bits per heavy atom.